The molecule has 3 N–H and O–H groups in total. The number of rotatable bonds is 4. The fourth-order valence-corrected chi connectivity index (χ4v) is 2.58. The molecule has 1 aromatic carbocycles. The van der Waals surface area contributed by atoms with Crippen molar-refractivity contribution in [2.45, 2.75) is 19.0 Å². The molecule has 0 aliphatic carbocycles. The Morgan fingerprint density at radius 1 is 1.60 bits per heavy atom. The van der Waals surface area contributed by atoms with E-state index in [0.29, 0.717) is 13.1 Å². The third-order valence-corrected chi connectivity index (χ3v) is 3.77. The van der Waals surface area contributed by atoms with Crippen molar-refractivity contribution in [2.24, 2.45) is 5.73 Å². The van der Waals surface area contributed by atoms with Gasteiger partial charge in [0.15, 0.2) is 11.6 Å². The summed E-state index contributed by atoms with van der Waals surface area (Å²) in [7, 11) is 1.43. The highest BCUT2D eigenvalue weighted by molar-refractivity contribution is 5.80. The fraction of sp³-hybridized carbons (Fsp3) is 0.500. The van der Waals surface area contributed by atoms with Crippen molar-refractivity contribution < 1.29 is 13.9 Å². The van der Waals surface area contributed by atoms with Crippen LogP contribution in [0.15, 0.2) is 18.2 Å². The molecule has 1 aliphatic rings. The third kappa shape index (κ3) is 2.91. The number of halogens is 1. The maximum Gasteiger partial charge on any atom is 0.236 e. The molecule has 2 unspecified atom stereocenters. The lowest BCUT2D eigenvalue weighted by Crippen LogP contribution is -2.57. The topological polar surface area (TPSA) is 67.6 Å². The van der Waals surface area contributed by atoms with Gasteiger partial charge in [-0.2, -0.15) is 0 Å². The van der Waals surface area contributed by atoms with Crippen molar-refractivity contribution in [2.75, 3.05) is 26.7 Å². The molecule has 0 saturated carbocycles. The predicted octanol–water partition coefficient (Wildman–Crippen LogP) is 0.654. The quantitative estimate of drug-likeness (QED) is 0.850. The van der Waals surface area contributed by atoms with E-state index >= 15 is 0 Å². The summed E-state index contributed by atoms with van der Waals surface area (Å²) in [5, 5.41) is 3.15. The largest absolute Gasteiger partial charge is 0.494 e. The van der Waals surface area contributed by atoms with Crippen LogP contribution in [0.3, 0.4) is 0 Å². The first-order valence-electron chi connectivity index (χ1n) is 6.63. The Morgan fingerprint density at radius 3 is 2.95 bits per heavy atom. The summed E-state index contributed by atoms with van der Waals surface area (Å²) in [4.78, 5) is 13.5. The fourth-order valence-electron chi connectivity index (χ4n) is 2.58. The zero-order valence-corrected chi connectivity index (χ0v) is 11.7. The van der Waals surface area contributed by atoms with Crippen LogP contribution in [0.2, 0.25) is 0 Å². The van der Waals surface area contributed by atoms with Crippen LogP contribution in [-0.4, -0.2) is 43.6 Å². The van der Waals surface area contributed by atoms with E-state index in [9.17, 15) is 9.18 Å². The van der Waals surface area contributed by atoms with Crippen LogP contribution in [-0.2, 0) is 4.79 Å². The van der Waals surface area contributed by atoms with Crippen LogP contribution in [0, 0.1) is 5.82 Å². The Morgan fingerprint density at radius 2 is 2.35 bits per heavy atom. The van der Waals surface area contributed by atoms with E-state index in [-0.39, 0.29) is 23.7 Å². The molecule has 0 spiro atoms. The average molecular weight is 281 g/mol. The van der Waals surface area contributed by atoms with Crippen LogP contribution in [0.4, 0.5) is 4.39 Å². The number of piperazine rings is 1. The third-order valence-electron chi connectivity index (χ3n) is 3.77. The van der Waals surface area contributed by atoms with E-state index < -0.39 is 5.82 Å². The Kier molecular flexibility index (Phi) is 4.57. The van der Waals surface area contributed by atoms with Crippen molar-refractivity contribution in [3.63, 3.8) is 0 Å². The molecule has 2 atom stereocenters. The number of carbonyl (C=O) groups is 1. The lowest BCUT2D eigenvalue weighted by atomic mass is 10.0. The maximum absolute atomic E-state index is 13.8. The van der Waals surface area contributed by atoms with E-state index in [4.69, 9.17) is 10.5 Å². The summed E-state index contributed by atoms with van der Waals surface area (Å²) in [5.74, 6) is -0.548. The Hall–Kier alpha value is -1.66. The van der Waals surface area contributed by atoms with E-state index in [1.807, 2.05) is 17.9 Å². The standard InChI is InChI=1S/C14H20FN3O2/c1-9(10-3-4-13(20-2)11(15)7-10)18-6-5-17-8-12(18)14(16)19/h3-4,7,9,12,17H,5-6,8H2,1-2H3,(H2,16,19). The second-order valence-electron chi connectivity index (χ2n) is 4.93. The summed E-state index contributed by atoms with van der Waals surface area (Å²) in [6.07, 6.45) is 0. The number of hydrogen-bond donors (Lipinski definition) is 2. The molecule has 1 saturated heterocycles. The van der Waals surface area contributed by atoms with E-state index in [0.717, 1.165) is 12.1 Å². The molecule has 6 heteroatoms. The number of hydrogen-bond acceptors (Lipinski definition) is 4. The molecule has 0 aromatic heterocycles. The van der Waals surface area contributed by atoms with Crippen LogP contribution < -0.4 is 15.8 Å². The normalized spacial score (nSPS) is 21.4. The molecule has 1 amide bonds. The van der Waals surface area contributed by atoms with Crippen molar-refractivity contribution in [3.05, 3.63) is 29.6 Å². The molecule has 0 bridgehead atoms. The number of nitrogens with zero attached hydrogens (tertiary/aromatic N) is 1. The van der Waals surface area contributed by atoms with Crippen LogP contribution >= 0.6 is 0 Å². The number of benzene rings is 1. The van der Waals surface area contributed by atoms with Gasteiger partial charge >= 0.3 is 0 Å². The van der Waals surface area contributed by atoms with Gasteiger partial charge in [-0.3, -0.25) is 9.69 Å². The van der Waals surface area contributed by atoms with Crippen LogP contribution in [0.5, 0.6) is 5.75 Å². The second-order valence-corrected chi connectivity index (χ2v) is 4.93. The van der Waals surface area contributed by atoms with Gasteiger partial charge in [0.25, 0.3) is 0 Å². The Labute approximate surface area is 117 Å². The zero-order valence-electron chi connectivity index (χ0n) is 11.7. The predicted molar refractivity (Wildman–Crippen MR) is 73.9 cm³/mol. The smallest absolute Gasteiger partial charge is 0.236 e. The molecule has 1 aromatic rings. The molecule has 0 radical (unpaired) electrons. The summed E-state index contributed by atoms with van der Waals surface area (Å²) in [6.45, 7) is 3.95. The first kappa shape index (κ1) is 14.7. The van der Waals surface area contributed by atoms with Crippen molar-refractivity contribution in [1.82, 2.24) is 10.2 Å². The average Bonchev–Trinajstić information content (AvgIpc) is 2.46. The molecule has 1 aliphatic heterocycles. The highest BCUT2D eigenvalue weighted by Crippen LogP contribution is 2.27. The second kappa shape index (κ2) is 6.19. The van der Waals surface area contributed by atoms with Gasteiger partial charge in [-0.05, 0) is 24.6 Å². The van der Waals surface area contributed by atoms with E-state index in [1.54, 1.807) is 6.07 Å². The van der Waals surface area contributed by atoms with Gasteiger partial charge in [-0.1, -0.05) is 6.07 Å². The van der Waals surface area contributed by atoms with Crippen molar-refractivity contribution >= 4 is 5.91 Å². The SMILES string of the molecule is COc1ccc(C(C)N2CCNCC2C(N)=O)cc1F. The van der Waals surface area contributed by atoms with Gasteiger partial charge in [0, 0.05) is 25.7 Å². The molecule has 2 rings (SSSR count). The summed E-state index contributed by atoms with van der Waals surface area (Å²) in [6, 6.07) is 4.40. The van der Waals surface area contributed by atoms with Gasteiger partial charge < -0.3 is 15.8 Å². The molecule has 1 heterocycles. The first-order chi connectivity index (χ1) is 9.54. The van der Waals surface area contributed by atoms with Gasteiger partial charge in [-0.25, -0.2) is 4.39 Å². The molecule has 20 heavy (non-hydrogen) atoms. The summed E-state index contributed by atoms with van der Waals surface area (Å²) < 4.78 is 18.7. The van der Waals surface area contributed by atoms with Crippen LogP contribution in [0.1, 0.15) is 18.5 Å². The van der Waals surface area contributed by atoms with Gasteiger partial charge in [0.2, 0.25) is 5.91 Å². The van der Waals surface area contributed by atoms with E-state index in [1.165, 1.54) is 13.2 Å². The summed E-state index contributed by atoms with van der Waals surface area (Å²) >= 11 is 0. The molecule has 5 nitrogen and oxygen atoms in total. The number of ether oxygens (including phenoxy) is 1. The van der Waals surface area contributed by atoms with Gasteiger partial charge in [-0.15, -0.1) is 0 Å². The van der Waals surface area contributed by atoms with E-state index in [2.05, 4.69) is 5.32 Å². The minimum Gasteiger partial charge on any atom is -0.494 e. The number of methoxy groups -OCH3 is 1. The molecule has 110 valence electrons. The molecular weight excluding hydrogens is 261 g/mol. The minimum atomic E-state index is -0.400. The van der Waals surface area contributed by atoms with Gasteiger partial charge in [0.05, 0.1) is 7.11 Å². The maximum atomic E-state index is 13.8. The Balaban J connectivity index is 2.22. The number of carbonyl (C=O) groups excluding carboxylic acids is 1. The molecule has 1 fully saturated rings. The van der Waals surface area contributed by atoms with Crippen LogP contribution in [0.25, 0.3) is 0 Å². The lowest BCUT2D eigenvalue weighted by molar-refractivity contribution is -0.124. The lowest BCUT2D eigenvalue weighted by Gasteiger charge is -2.38. The highest BCUT2D eigenvalue weighted by Gasteiger charge is 2.31. The minimum absolute atomic E-state index is 0.0880. The number of amides is 1. The van der Waals surface area contributed by atoms with Crippen molar-refractivity contribution in [1.29, 1.82) is 0 Å². The summed E-state index contributed by atoms with van der Waals surface area (Å²) in [5.41, 5.74) is 6.24. The highest BCUT2D eigenvalue weighted by atomic mass is 19.1. The van der Waals surface area contributed by atoms with Crippen molar-refractivity contribution in [3.8, 4) is 5.75 Å². The molecular formula is C14H20FN3O2. The number of primary amides is 1. The number of nitrogens with one attached hydrogen (secondary N) is 1. The first-order valence-corrected chi connectivity index (χ1v) is 6.63. The van der Waals surface area contributed by atoms with Gasteiger partial charge in [0.1, 0.15) is 6.04 Å². The zero-order chi connectivity index (χ0) is 14.7. The number of nitrogens with two attached hydrogens (primary N) is 1. The Bertz CT molecular complexity index is 495. The monoisotopic (exact) mass is 281 g/mol.